The van der Waals surface area contributed by atoms with Crippen molar-refractivity contribution < 1.29 is 73.8 Å². The van der Waals surface area contributed by atoms with Crippen molar-refractivity contribution in [2.75, 3.05) is 26.4 Å². The molecule has 15 nitrogen and oxygen atoms in total. The fourth-order valence-corrected chi connectivity index (χ4v) is 6.45. The average molecular weight is 931 g/mol. The summed E-state index contributed by atoms with van der Waals surface area (Å²) in [6.07, 6.45) is 30.2. The van der Waals surface area contributed by atoms with Crippen molar-refractivity contribution in [1.82, 2.24) is 0 Å². The summed E-state index contributed by atoms with van der Waals surface area (Å²) in [5.74, 6) is -1.14. The van der Waals surface area contributed by atoms with Crippen LogP contribution in [0.5, 0.6) is 0 Å². The van der Waals surface area contributed by atoms with Gasteiger partial charge in [0.15, 0.2) is 18.7 Å². The quantitative estimate of drug-likeness (QED) is 0.0242. The van der Waals surface area contributed by atoms with Crippen molar-refractivity contribution in [3.05, 3.63) is 109 Å². The van der Waals surface area contributed by atoms with Crippen LogP contribution >= 0.6 is 0 Å². The average Bonchev–Trinajstić information content (AvgIpc) is 3.31. The number of allylic oxidation sites excluding steroid dienone is 17. The maximum Gasteiger partial charge on any atom is 0.309 e. The number of ether oxygens (including phenoxy) is 6. The maximum absolute atomic E-state index is 12.9. The predicted molar refractivity (Wildman–Crippen MR) is 251 cm³/mol. The SMILES string of the molecule is CCC=CCC=CCC=CCC=CCC=CCC(=O)OCC(COC1OC(COC2OC(CO)C(O)C(O)C2O)C(O)C(O)C1O)OC(=O)CCCCC=CCC=CCC=CCC=CCC. The number of aliphatic hydroxyl groups is 7. The van der Waals surface area contributed by atoms with E-state index in [2.05, 4.69) is 98.9 Å². The number of hydrogen-bond donors (Lipinski definition) is 7. The van der Waals surface area contributed by atoms with Crippen molar-refractivity contribution in [3.63, 3.8) is 0 Å². The zero-order chi connectivity index (χ0) is 48.2. The molecular weight excluding hydrogens is 853 g/mol. The topological polar surface area (TPSA) is 231 Å². The van der Waals surface area contributed by atoms with E-state index in [4.69, 9.17) is 28.4 Å². The fourth-order valence-electron chi connectivity index (χ4n) is 6.45. The van der Waals surface area contributed by atoms with Crippen LogP contribution < -0.4 is 0 Å². The monoisotopic (exact) mass is 931 g/mol. The number of rotatable bonds is 33. The molecule has 11 atom stereocenters. The summed E-state index contributed by atoms with van der Waals surface area (Å²) in [4.78, 5) is 25.6. The first-order chi connectivity index (χ1) is 32.0. The number of unbranched alkanes of at least 4 members (excludes halogenated alkanes) is 2. The van der Waals surface area contributed by atoms with Gasteiger partial charge < -0.3 is 64.2 Å². The molecule has 2 aliphatic rings. The summed E-state index contributed by atoms with van der Waals surface area (Å²) in [6.45, 7) is 2.16. The molecule has 0 aliphatic carbocycles. The van der Waals surface area contributed by atoms with Crippen molar-refractivity contribution in [2.24, 2.45) is 0 Å². The second kappa shape index (κ2) is 37.2. The van der Waals surface area contributed by atoms with E-state index >= 15 is 0 Å². The molecule has 0 aromatic rings. The van der Waals surface area contributed by atoms with E-state index < -0.39 is 99.3 Å². The number of hydrogen-bond acceptors (Lipinski definition) is 15. The second-order valence-electron chi connectivity index (χ2n) is 15.8. The minimum Gasteiger partial charge on any atom is -0.461 e. The van der Waals surface area contributed by atoms with Gasteiger partial charge in [-0.1, -0.05) is 123 Å². The van der Waals surface area contributed by atoms with E-state index in [1.165, 1.54) is 0 Å². The van der Waals surface area contributed by atoms with Crippen molar-refractivity contribution in [1.29, 1.82) is 0 Å². The standard InChI is InChI=1S/C51H78O15/c1-3-5-7-9-11-13-15-17-19-21-23-25-27-29-31-33-42(53)61-36-39(64-43(54)34-32-30-28-26-24-22-20-18-16-14-12-10-8-6-4-2)37-62-50-49(60)47(58)45(56)41(66-50)38-63-51-48(59)46(57)44(55)40(35-52)65-51/h5-8,11-14,17-20,23-26,29,31,39-41,44-52,55-60H,3-4,9-10,15-16,21-22,27-28,30,32-38H2,1-2H3. The van der Waals surface area contributed by atoms with Crippen LogP contribution in [-0.2, 0) is 38.0 Å². The Balaban J connectivity index is 1.91. The van der Waals surface area contributed by atoms with E-state index in [1.807, 2.05) is 18.2 Å². The molecule has 0 radical (unpaired) electrons. The van der Waals surface area contributed by atoms with Crippen molar-refractivity contribution in [3.8, 4) is 0 Å². The highest BCUT2D eigenvalue weighted by molar-refractivity contribution is 5.71. The molecule has 0 aromatic carbocycles. The van der Waals surface area contributed by atoms with Gasteiger partial charge in [0.25, 0.3) is 0 Å². The van der Waals surface area contributed by atoms with Gasteiger partial charge in [0.05, 0.1) is 26.2 Å². The van der Waals surface area contributed by atoms with Gasteiger partial charge in [-0.2, -0.15) is 0 Å². The van der Waals surface area contributed by atoms with Crippen LogP contribution in [0, 0.1) is 0 Å². The molecule has 0 bridgehead atoms. The van der Waals surface area contributed by atoms with Gasteiger partial charge in [-0.05, 0) is 77.0 Å². The molecular formula is C51H78O15. The molecule has 0 amide bonds. The fraction of sp³-hybridized carbons (Fsp3) is 0.608. The molecule has 2 rings (SSSR count). The third-order valence-electron chi connectivity index (χ3n) is 10.3. The van der Waals surface area contributed by atoms with Crippen LogP contribution in [-0.4, -0.2) is 142 Å². The molecule has 2 aliphatic heterocycles. The Labute approximate surface area is 391 Å². The summed E-state index contributed by atoms with van der Waals surface area (Å²) in [6, 6.07) is 0. The van der Waals surface area contributed by atoms with Crippen LogP contribution in [0.4, 0.5) is 0 Å². The second-order valence-corrected chi connectivity index (χ2v) is 15.8. The summed E-state index contributed by atoms with van der Waals surface area (Å²) in [7, 11) is 0. The predicted octanol–water partition coefficient (Wildman–Crippen LogP) is 5.59. The Morgan fingerprint density at radius 2 is 0.939 bits per heavy atom. The Morgan fingerprint density at radius 3 is 1.44 bits per heavy atom. The minimum atomic E-state index is -1.79. The highest BCUT2D eigenvalue weighted by atomic mass is 16.7. The largest absolute Gasteiger partial charge is 0.461 e. The first-order valence-electron chi connectivity index (χ1n) is 23.5. The molecule has 15 heteroatoms. The molecule has 0 spiro atoms. The van der Waals surface area contributed by atoms with Gasteiger partial charge >= 0.3 is 11.9 Å². The van der Waals surface area contributed by atoms with Crippen LogP contribution in [0.1, 0.15) is 104 Å². The van der Waals surface area contributed by atoms with E-state index in [1.54, 1.807) is 6.08 Å². The maximum atomic E-state index is 12.9. The third-order valence-corrected chi connectivity index (χ3v) is 10.3. The van der Waals surface area contributed by atoms with Gasteiger partial charge in [0.1, 0.15) is 55.4 Å². The van der Waals surface area contributed by atoms with Gasteiger partial charge in [-0.3, -0.25) is 9.59 Å². The van der Waals surface area contributed by atoms with Gasteiger partial charge in [-0.25, -0.2) is 0 Å². The van der Waals surface area contributed by atoms with Crippen LogP contribution in [0.25, 0.3) is 0 Å². The van der Waals surface area contributed by atoms with E-state index in [0.29, 0.717) is 12.8 Å². The highest BCUT2D eigenvalue weighted by Crippen LogP contribution is 2.26. The molecule has 372 valence electrons. The lowest BCUT2D eigenvalue weighted by atomic mass is 9.98. The summed E-state index contributed by atoms with van der Waals surface area (Å²) >= 11 is 0. The highest BCUT2D eigenvalue weighted by Gasteiger charge is 2.47. The van der Waals surface area contributed by atoms with Crippen molar-refractivity contribution >= 4 is 11.9 Å². The molecule has 11 unspecified atom stereocenters. The Bertz CT molecular complexity index is 1560. The molecule has 2 fully saturated rings. The number of esters is 2. The molecule has 0 saturated carbocycles. The lowest BCUT2D eigenvalue weighted by Gasteiger charge is -2.42. The molecule has 0 aromatic heterocycles. The Kier molecular flexibility index (Phi) is 32.8. The normalized spacial score (nSPS) is 27.2. The third kappa shape index (κ3) is 25.3. The van der Waals surface area contributed by atoms with Gasteiger partial charge in [-0.15, -0.1) is 0 Å². The lowest BCUT2D eigenvalue weighted by molar-refractivity contribution is -0.332. The number of aliphatic hydroxyl groups excluding tert-OH is 7. The first-order valence-corrected chi connectivity index (χ1v) is 23.5. The van der Waals surface area contributed by atoms with E-state index in [-0.39, 0.29) is 19.4 Å². The zero-order valence-electron chi connectivity index (χ0n) is 38.9. The van der Waals surface area contributed by atoms with E-state index in [9.17, 15) is 45.3 Å². The summed E-state index contributed by atoms with van der Waals surface area (Å²) in [5, 5.41) is 71.9. The Morgan fingerprint density at radius 1 is 0.500 bits per heavy atom. The number of carbonyl (C=O) groups is 2. The smallest absolute Gasteiger partial charge is 0.309 e. The zero-order valence-corrected chi connectivity index (χ0v) is 38.9. The molecule has 7 N–H and O–H groups in total. The van der Waals surface area contributed by atoms with Crippen LogP contribution in [0.15, 0.2) is 109 Å². The summed E-state index contributed by atoms with van der Waals surface area (Å²) in [5.41, 5.74) is 0. The first kappa shape index (κ1) is 58.3. The molecule has 2 heterocycles. The van der Waals surface area contributed by atoms with Crippen molar-refractivity contribution in [2.45, 2.75) is 171 Å². The minimum absolute atomic E-state index is 0.0308. The number of carbonyl (C=O) groups excluding carboxylic acids is 2. The van der Waals surface area contributed by atoms with Gasteiger partial charge in [0, 0.05) is 6.42 Å². The van der Waals surface area contributed by atoms with Crippen LogP contribution in [0.3, 0.4) is 0 Å². The molecule has 66 heavy (non-hydrogen) atoms. The summed E-state index contributed by atoms with van der Waals surface area (Å²) < 4.78 is 33.3. The van der Waals surface area contributed by atoms with Gasteiger partial charge in [0.2, 0.25) is 0 Å². The molecule has 2 saturated heterocycles. The van der Waals surface area contributed by atoms with Crippen LogP contribution in [0.2, 0.25) is 0 Å². The Hall–Kier alpha value is -3.84. The lowest BCUT2D eigenvalue weighted by Crippen LogP contribution is -2.61. The van der Waals surface area contributed by atoms with E-state index in [0.717, 1.165) is 64.2 Å².